The Bertz CT molecular complexity index is 320. The van der Waals surface area contributed by atoms with E-state index in [1.165, 1.54) is 11.1 Å². The number of aryl methyl sites for hydroxylation is 1. The second-order valence-electron chi connectivity index (χ2n) is 5.24. The first-order valence-corrected chi connectivity index (χ1v) is 6.93. The van der Waals surface area contributed by atoms with Crippen molar-refractivity contribution in [2.45, 2.75) is 39.7 Å². The first kappa shape index (κ1) is 15.2. The number of likely N-dealkylation sites (N-methyl/N-ethyl adjacent to an activating group) is 1. The maximum Gasteiger partial charge on any atom is 0.0488 e. The summed E-state index contributed by atoms with van der Waals surface area (Å²) in [6.45, 7) is 8.42. The molecule has 0 heterocycles. The van der Waals surface area contributed by atoms with Gasteiger partial charge in [-0.25, -0.2) is 0 Å². The van der Waals surface area contributed by atoms with Crippen LogP contribution in [0.15, 0.2) is 24.3 Å². The zero-order valence-corrected chi connectivity index (χ0v) is 12.2. The van der Waals surface area contributed by atoms with Gasteiger partial charge in [0.25, 0.3) is 0 Å². The lowest BCUT2D eigenvalue weighted by molar-refractivity contribution is 0.149. The van der Waals surface area contributed by atoms with E-state index >= 15 is 0 Å². The van der Waals surface area contributed by atoms with Crippen molar-refractivity contribution in [3.05, 3.63) is 35.4 Å². The van der Waals surface area contributed by atoms with Crippen LogP contribution in [0, 0.1) is 12.8 Å². The van der Waals surface area contributed by atoms with Crippen molar-refractivity contribution in [2.75, 3.05) is 20.3 Å². The second-order valence-corrected chi connectivity index (χ2v) is 5.24. The first-order chi connectivity index (χ1) is 8.65. The molecule has 0 fully saturated rings. The van der Waals surface area contributed by atoms with Crippen molar-refractivity contribution in [3.63, 3.8) is 0 Å². The molecule has 1 N–H and O–H groups in total. The molecule has 0 amide bonds. The quantitative estimate of drug-likeness (QED) is 0.764. The van der Waals surface area contributed by atoms with Crippen LogP contribution in [0.4, 0.5) is 0 Å². The lowest BCUT2D eigenvalue weighted by Crippen LogP contribution is -2.33. The van der Waals surface area contributed by atoms with Gasteiger partial charge in [-0.1, -0.05) is 43.7 Å². The molecule has 1 aromatic carbocycles. The third kappa shape index (κ3) is 5.65. The maximum absolute atomic E-state index is 5.22. The molecule has 0 aromatic heterocycles. The van der Waals surface area contributed by atoms with E-state index in [0.29, 0.717) is 12.0 Å². The number of benzene rings is 1. The van der Waals surface area contributed by atoms with Gasteiger partial charge in [0.15, 0.2) is 0 Å². The lowest BCUT2D eigenvalue weighted by Gasteiger charge is -2.21. The Morgan fingerprint density at radius 3 is 2.44 bits per heavy atom. The Hall–Kier alpha value is -0.860. The van der Waals surface area contributed by atoms with Crippen LogP contribution in [0.2, 0.25) is 0 Å². The minimum Gasteiger partial charge on any atom is -0.384 e. The number of ether oxygens (including phenoxy) is 1. The number of nitrogens with one attached hydrogen (secondary N) is 1. The molecule has 0 saturated carbocycles. The largest absolute Gasteiger partial charge is 0.384 e. The topological polar surface area (TPSA) is 21.3 Å². The van der Waals surface area contributed by atoms with E-state index in [1.807, 2.05) is 0 Å². The van der Waals surface area contributed by atoms with Crippen LogP contribution in [-0.4, -0.2) is 26.3 Å². The van der Waals surface area contributed by atoms with Gasteiger partial charge in [0.2, 0.25) is 0 Å². The standard InChI is InChI=1S/C16H27NO/c1-5-17-16(10-14(3)12-18-4)11-15-8-6-13(2)7-9-15/h6-9,14,16-17H,5,10-12H2,1-4H3. The van der Waals surface area contributed by atoms with Gasteiger partial charge in [-0.2, -0.15) is 0 Å². The summed E-state index contributed by atoms with van der Waals surface area (Å²) in [5, 5.41) is 3.58. The van der Waals surface area contributed by atoms with Gasteiger partial charge in [0.05, 0.1) is 0 Å². The molecule has 2 nitrogen and oxygen atoms in total. The number of hydrogen-bond acceptors (Lipinski definition) is 2. The van der Waals surface area contributed by atoms with Crippen LogP contribution in [0.25, 0.3) is 0 Å². The fourth-order valence-electron chi connectivity index (χ4n) is 2.37. The molecule has 0 aliphatic carbocycles. The fraction of sp³-hybridized carbons (Fsp3) is 0.625. The third-order valence-electron chi connectivity index (χ3n) is 3.23. The Balaban J connectivity index is 2.53. The average molecular weight is 249 g/mol. The lowest BCUT2D eigenvalue weighted by atomic mass is 9.96. The molecular weight excluding hydrogens is 222 g/mol. The van der Waals surface area contributed by atoms with Gasteiger partial charge in [-0.3, -0.25) is 0 Å². The van der Waals surface area contributed by atoms with Crippen LogP contribution in [0.5, 0.6) is 0 Å². The van der Waals surface area contributed by atoms with Crippen LogP contribution in [0.3, 0.4) is 0 Å². The van der Waals surface area contributed by atoms with E-state index in [1.54, 1.807) is 7.11 Å². The molecule has 0 saturated heterocycles. The van der Waals surface area contributed by atoms with Crippen LogP contribution < -0.4 is 5.32 Å². The third-order valence-corrected chi connectivity index (χ3v) is 3.23. The highest BCUT2D eigenvalue weighted by Crippen LogP contribution is 2.12. The molecular formula is C16H27NO. The summed E-state index contributed by atoms with van der Waals surface area (Å²) in [6, 6.07) is 9.40. The minimum atomic E-state index is 0.544. The number of methoxy groups -OCH3 is 1. The zero-order chi connectivity index (χ0) is 13.4. The highest BCUT2D eigenvalue weighted by Gasteiger charge is 2.12. The molecule has 0 spiro atoms. The van der Waals surface area contributed by atoms with Crippen molar-refractivity contribution < 1.29 is 4.74 Å². The summed E-state index contributed by atoms with van der Waals surface area (Å²) in [4.78, 5) is 0. The summed E-state index contributed by atoms with van der Waals surface area (Å²) in [7, 11) is 1.78. The summed E-state index contributed by atoms with van der Waals surface area (Å²) >= 11 is 0. The average Bonchev–Trinajstić information content (AvgIpc) is 2.32. The van der Waals surface area contributed by atoms with E-state index in [4.69, 9.17) is 4.74 Å². The molecule has 102 valence electrons. The summed E-state index contributed by atoms with van der Waals surface area (Å²) < 4.78 is 5.22. The van der Waals surface area contributed by atoms with E-state index < -0.39 is 0 Å². The van der Waals surface area contributed by atoms with Crippen molar-refractivity contribution in [3.8, 4) is 0 Å². The van der Waals surface area contributed by atoms with Crippen molar-refractivity contribution >= 4 is 0 Å². The Morgan fingerprint density at radius 1 is 1.22 bits per heavy atom. The molecule has 18 heavy (non-hydrogen) atoms. The smallest absolute Gasteiger partial charge is 0.0488 e. The van der Waals surface area contributed by atoms with Crippen molar-refractivity contribution in [1.82, 2.24) is 5.32 Å². The predicted octanol–water partition coefficient (Wildman–Crippen LogP) is 3.19. The molecule has 2 atom stereocenters. The van der Waals surface area contributed by atoms with Gasteiger partial charge in [-0.15, -0.1) is 0 Å². The van der Waals surface area contributed by atoms with Crippen LogP contribution in [0.1, 0.15) is 31.4 Å². The van der Waals surface area contributed by atoms with E-state index in [9.17, 15) is 0 Å². The predicted molar refractivity (Wildman–Crippen MR) is 78.0 cm³/mol. The zero-order valence-electron chi connectivity index (χ0n) is 12.2. The first-order valence-electron chi connectivity index (χ1n) is 6.93. The molecule has 1 aromatic rings. The monoisotopic (exact) mass is 249 g/mol. The Morgan fingerprint density at radius 2 is 1.89 bits per heavy atom. The molecule has 1 rings (SSSR count). The van der Waals surface area contributed by atoms with Crippen LogP contribution in [-0.2, 0) is 11.2 Å². The van der Waals surface area contributed by atoms with Gasteiger partial charge in [0, 0.05) is 19.8 Å². The second kappa shape index (κ2) is 8.28. The minimum absolute atomic E-state index is 0.544. The van der Waals surface area contributed by atoms with Crippen molar-refractivity contribution in [1.29, 1.82) is 0 Å². The van der Waals surface area contributed by atoms with Gasteiger partial charge < -0.3 is 10.1 Å². The Labute approximate surface area is 112 Å². The van der Waals surface area contributed by atoms with Crippen molar-refractivity contribution in [2.24, 2.45) is 5.92 Å². The molecule has 0 bridgehead atoms. The van der Waals surface area contributed by atoms with Gasteiger partial charge >= 0.3 is 0 Å². The molecule has 0 aliphatic rings. The summed E-state index contributed by atoms with van der Waals surface area (Å²) in [6.07, 6.45) is 2.26. The SMILES string of the molecule is CCNC(Cc1ccc(C)cc1)CC(C)COC. The molecule has 0 radical (unpaired) electrons. The van der Waals surface area contributed by atoms with Gasteiger partial charge in [0.1, 0.15) is 0 Å². The summed E-state index contributed by atoms with van der Waals surface area (Å²) in [5.41, 5.74) is 2.74. The summed E-state index contributed by atoms with van der Waals surface area (Å²) in [5.74, 6) is 0.601. The number of rotatable bonds is 8. The molecule has 0 aliphatic heterocycles. The van der Waals surface area contributed by atoms with E-state index in [0.717, 1.165) is 26.0 Å². The highest BCUT2D eigenvalue weighted by atomic mass is 16.5. The Kier molecular flexibility index (Phi) is 6.99. The van der Waals surface area contributed by atoms with E-state index in [-0.39, 0.29) is 0 Å². The fourth-order valence-corrected chi connectivity index (χ4v) is 2.37. The normalized spacial score (nSPS) is 14.4. The molecule has 2 unspecified atom stereocenters. The van der Waals surface area contributed by atoms with Crippen LogP contribution >= 0.6 is 0 Å². The molecule has 2 heteroatoms. The van der Waals surface area contributed by atoms with E-state index in [2.05, 4.69) is 50.4 Å². The van der Waals surface area contributed by atoms with Gasteiger partial charge in [-0.05, 0) is 37.8 Å². The number of hydrogen-bond donors (Lipinski definition) is 1. The maximum atomic E-state index is 5.22. The highest BCUT2D eigenvalue weighted by molar-refractivity contribution is 5.22.